The van der Waals surface area contributed by atoms with Crippen LogP contribution in [0.2, 0.25) is 0 Å². The molecule has 2 saturated heterocycles. The van der Waals surface area contributed by atoms with Gasteiger partial charge in [0.25, 0.3) is 0 Å². The molecule has 100 valence electrons. The molecule has 1 aromatic heterocycles. The molecule has 1 N–H and O–H groups in total. The first kappa shape index (κ1) is 11.4. The van der Waals surface area contributed by atoms with E-state index in [9.17, 15) is 0 Å². The molecule has 0 amide bonds. The summed E-state index contributed by atoms with van der Waals surface area (Å²) in [6.45, 7) is 5.84. The Morgan fingerprint density at radius 2 is 2.11 bits per heavy atom. The largest absolute Gasteiger partial charge is 0.364 e. The molecule has 3 aliphatic heterocycles. The van der Waals surface area contributed by atoms with Gasteiger partial charge in [-0.2, -0.15) is 0 Å². The molecule has 19 heavy (non-hydrogen) atoms. The number of hydrogen-bond acceptors (Lipinski definition) is 4. The van der Waals surface area contributed by atoms with Crippen molar-refractivity contribution in [3.8, 4) is 0 Å². The summed E-state index contributed by atoms with van der Waals surface area (Å²) in [6, 6.07) is 3.54. The Kier molecular flexibility index (Phi) is 2.78. The van der Waals surface area contributed by atoms with Crippen molar-refractivity contribution in [3.63, 3.8) is 0 Å². The minimum Gasteiger partial charge on any atom is -0.364 e. The second-order valence-corrected chi connectivity index (χ2v) is 5.65. The second kappa shape index (κ2) is 4.62. The zero-order valence-corrected chi connectivity index (χ0v) is 11.1. The highest BCUT2D eigenvalue weighted by molar-refractivity contribution is 5.70. The SMILES string of the molecule is C1=Cc2cnccc2N2CC(N3CCNCC3)C2C1. The summed E-state index contributed by atoms with van der Waals surface area (Å²) in [5, 5.41) is 3.44. The number of nitrogens with zero attached hydrogens (tertiary/aromatic N) is 3. The van der Waals surface area contributed by atoms with Crippen LogP contribution in [-0.4, -0.2) is 54.7 Å². The number of pyridine rings is 1. The molecule has 3 aliphatic rings. The van der Waals surface area contributed by atoms with E-state index in [1.165, 1.54) is 30.9 Å². The average Bonchev–Trinajstić information content (AvgIpc) is 2.58. The van der Waals surface area contributed by atoms with Crippen LogP contribution in [0.25, 0.3) is 6.08 Å². The topological polar surface area (TPSA) is 31.4 Å². The normalized spacial score (nSPS) is 30.2. The molecule has 0 saturated carbocycles. The van der Waals surface area contributed by atoms with Gasteiger partial charge >= 0.3 is 0 Å². The van der Waals surface area contributed by atoms with Gasteiger partial charge in [-0.15, -0.1) is 0 Å². The number of hydrogen-bond donors (Lipinski definition) is 1. The van der Waals surface area contributed by atoms with Gasteiger partial charge in [0.1, 0.15) is 0 Å². The molecule has 4 nitrogen and oxygen atoms in total. The molecular weight excluding hydrogens is 236 g/mol. The number of rotatable bonds is 1. The van der Waals surface area contributed by atoms with E-state index in [4.69, 9.17) is 0 Å². The van der Waals surface area contributed by atoms with Crippen molar-refractivity contribution >= 4 is 11.8 Å². The first-order valence-corrected chi connectivity index (χ1v) is 7.25. The number of fused-ring (bicyclic) bond motifs is 3. The Hall–Kier alpha value is -1.39. The van der Waals surface area contributed by atoms with Crippen molar-refractivity contribution < 1.29 is 0 Å². The van der Waals surface area contributed by atoms with E-state index in [2.05, 4.69) is 38.3 Å². The Labute approximate surface area is 114 Å². The van der Waals surface area contributed by atoms with Crippen molar-refractivity contribution in [2.45, 2.75) is 18.5 Å². The van der Waals surface area contributed by atoms with Gasteiger partial charge in [-0.05, 0) is 12.5 Å². The average molecular weight is 256 g/mol. The highest BCUT2D eigenvalue weighted by Gasteiger charge is 2.43. The maximum absolute atomic E-state index is 4.24. The van der Waals surface area contributed by atoms with Gasteiger partial charge in [-0.1, -0.05) is 12.2 Å². The smallest absolute Gasteiger partial charge is 0.0498 e. The lowest BCUT2D eigenvalue weighted by molar-refractivity contribution is 0.110. The van der Waals surface area contributed by atoms with Gasteiger partial charge in [-0.3, -0.25) is 9.88 Å². The molecule has 0 aliphatic carbocycles. The molecule has 2 atom stereocenters. The first-order chi connectivity index (χ1) is 9.43. The van der Waals surface area contributed by atoms with Crippen molar-refractivity contribution in [2.75, 3.05) is 37.6 Å². The van der Waals surface area contributed by atoms with Crippen molar-refractivity contribution in [2.24, 2.45) is 0 Å². The van der Waals surface area contributed by atoms with E-state index < -0.39 is 0 Å². The lowest BCUT2D eigenvalue weighted by atomic mass is 9.91. The highest BCUT2D eigenvalue weighted by Crippen LogP contribution is 2.36. The van der Waals surface area contributed by atoms with Crippen LogP contribution in [0, 0.1) is 0 Å². The maximum Gasteiger partial charge on any atom is 0.0498 e. The van der Waals surface area contributed by atoms with Gasteiger partial charge in [0.2, 0.25) is 0 Å². The zero-order chi connectivity index (χ0) is 12.7. The molecule has 2 unspecified atom stereocenters. The van der Waals surface area contributed by atoms with Crippen LogP contribution in [-0.2, 0) is 0 Å². The molecule has 0 aromatic carbocycles. The summed E-state index contributed by atoms with van der Waals surface area (Å²) in [5.74, 6) is 0. The predicted octanol–water partition coefficient (Wildman–Crippen LogP) is 0.961. The van der Waals surface area contributed by atoms with E-state index in [1.807, 2.05) is 12.4 Å². The van der Waals surface area contributed by atoms with Crippen molar-refractivity contribution in [1.82, 2.24) is 15.2 Å². The fourth-order valence-corrected chi connectivity index (χ4v) is 3.59. The van der Waals surface area contributed by atoms with E-state index >= 15 is 0 Å². The quantitative estimate of drug-likeness (QED) is 0.811. The molecule has 4 heteroatoms. The summed E-state index contributed by atoms with van der Waals surface area (Å²) < 4.78 is 0. The standard InChI is InChI=1S/C15H20N4/c1-2-12-10-17-5-4-13(12)19-11-15(14(19)3-1)18-8-6-16-7-9-18/h1-2,4-5,10,14-16H,3,6-9,11H2. The Morgan fingerprint density at radius 1 is 1.21 bits per heavy atom. The fourth-order valence-electron chi connectivity index (χ4n) is 3.59. The van der Waals surface area contributed by atoms with E-state index in [0.717, 1.165) is 25.6 Å². The highest BCUT2D eigenvalue weighted by atomic mass is 15.4. The van der Waals surface area contributed by atoms with Gasteiger partial charge in [-0.25, -0.2) is 0 Å². The van der Waals surface area contributed by atoms with Crippen LogP contribution in [0.15, 0.2) is 24.5 Å². The fraction of sp³-hybridized carbons (Fsp3) is 0.533. The van der Waals surface area contributed by atoms with Gasteiger partial charge in [0.15, 0.2) is 0 Å². The molecule has 0 radical (unpaired) electrons. The Morgan fingerprint density at radius 3 is 3.00 bits per heavy atom. The zero-order valence-electron chi connectivity index (χ0n) is 11.1. The third-order valence-electron chi connectivity index (χ3n) is 4.66. The lowest BCUT2D eigenvalue weighted by Gasteiger charge is -2.54. The third kappa shape index (κ3) is 1.86. The number of anilines is 1. The molecule has 0 spiro atoms. The van der Waals surface area contributed by atoms with Crippen LogP contribution < -0.4 is 10.2 Å². The van der Waals surface area contributed by atoms with E-state index in [-0.39, 0.29) is 0 Å². The molecule has 2 fully saturated rings. The molecule has 1 aromatic rings. The van der Waals surface area contributed by atoms with Gasteiger partial charge in [0.05, 0.1) is 0 Å². The number of nitrogens with one attached hydrogen (secondary N) is 1. The second-order valence-electron chi connectivity index (χ2n) is 5.65. The summed E-state index contributed by atoms with van der Waals surface area (Å²) in [4.78, 5) is 9.46. The summed E-state index contributed by atoms with van der Waals surface area (Å²) in [6.07, 6.45) is 9.60. The van der Waals surface area contributed by atoms with E-state index in [0.29, 0.717) is 6.04 Å². The van der Waals surface area contributed by atoms with E-state index in [1.54, 1.807) is 0 Å². The minimum absolute atomic E-state index is 0.651. The van der Waals surface area contributed by atoms with Crippen LogP contribution in [0.5, 0.6) is 0 Å². The molecule has 0 bridgehead atoms. The van der Waals surface area contributed by atoms with Gasteiger partial charge in [0, 0.05) is 68.5 Å². The van der Waals surface area contributed by atoms with Crippen LogP contribution in [0.1, 0.15) is 12.0 Å². The monoisotopic (exact) mass is 256 g/mol. The van der Waals surface area contributed by atoms with Crippen LogP contribution in [0.3, 0.4) is 0 Å². The number of aromatic nitrogens is 1. The minimum atomic E-state index is 0.651. The molecular formula is C15H20N4. The summed E-state index contributed by atoms with van der Waals surface area (Å²) in [5.41, 5.74) is 2.63. The Bertz CT molecular complexity index is 493. The van der Waals surface area contributed by atoms with Gasteiger partial charge < -0.3 is 10.2 Å². The predicted molar refractivity (Wildman–Crippen MR) is 77.3 cm³/mol. The first-order valence-electron chi connectivity index (χ1n) is 7.25. The number of piperazine rings is 1. The third-order valence-corrected chi connectivity index (χ3v) is 4.66. The van der Waals surface area contributed by atoms with Crippen LogP contribution in [0.4, 0.5) is 5.69 Å². The lowest BCUT2D eigenvalue weighted by Crippen LogP contribution is -2.68. The van der Waals surface area contributed by atoms with Crippen molar-refractivity contribution in [1.29, 1.82) is 0 Å². The maximum atomic E-state index is 4.24. The molecule has 4 heterocycles. The van der Waals surface area contributed by atoms with Crippen molar-refractivity contribution in [3.05, 3.63) is 30.1 Å². The van der Waals surface area contributed by atoms with Crippen LogP contribution >= 0.6 is 0 Å². The Balaban J connectivity index is 1.57. The summed E-state index contributed by atoms with van der Waals surface area (Å²) in [7, 11) is 0. The molecule has 4 rings (SSSR count). The summed E-state index contributed by atoms with van der Waals surface area (Å²) >= 11 is 0.